The average molecular weight is 377 g/mol. The predicted molar refractivity (Wildman–Crippen MR) is 86.5 cm³/mol. The first kappa shape index (κ1) is 17.5. The van der Waals surface area contributed by atoms with Crippen LogP contribution >= 0.6 is 22.9 Å². The van der Waals surface area contributed by atoms with Crippen LogP contribution in [-0.2, 0) is 11.4 Å². The first-order valence-corrected chi connectivity index (χ1v) is 8.78. The highest BCUT2D eigenvalue weighted by atomic mass is 35.5. The van der Waals surface area contributed by atoms with E-state index < -0.39 is 28.4 Å². The zero-order valence-electron chi connectivity index (χ0n) is 12.9. The molecular formula is C16H16ClF3N2OS. The number of halogens is 4. The minimum Gasteiger partial charge on any atom is -0.395 e. The van der Waals surface area contributed by atoms with E-state index in [1.54, 1.807) is 6.92 Å². The smallest absolute Gasteiger partial charge is 0.194 e. The van der Waals surface area contributed by atoms with E-state index in [0.29, 0.717) is 11.3 Å². The van der Waals surface area contributed by atoms with E-state index in [4.69, 9.17) is 11.6 Å². The number of aromatic nitrogens is 1. The molecule has 3 rings (SSSR count). The van der Waals surface area contributed by atoms with Crippen molar-refractivity contribution in [3.63, 3.8) is 0 Å². The number of hydrogen-bond acceptors (Lipinski definition) is 3. The van der Waals surface area contributed by atoms with E-state index in [1.807, 2.05) is 9.95 Å². The molecule has 8 heteroatoms. The second kappa shape index (κ2) is 6.54. The SMILES string of the molecule is CC(N=c1scc(C2(Cl)CC2)n1CCO)c1cc(F)c(F)c(F)c1. The van der Waals surface area contributed by atoms with Gasteiger partial charge in [0.25, 0.3) is 0 Å². The van der Waals surface area contributed by atoms with Gasteiger partial charge in [0.1, 0.15) is 0 Å². The van der Waals surface area contributed by atoms with Crippen molar-refractivity contribution in [2.45, 2.75) is 37.2 Å². The Labute approximate surface area is 146 Å². The van der Waals surface area contributed by atoms with Gasteiger partial charge >= 0.3 is 0 Å². The van der Waals surface area contributed by atoms with E-state index in [0.717, 1.165) is 30.7 Å². The van der Waals surface area contributed by atoms with Crippen LogP contribution < -0.4 is 4.80 Å². The van der Waals surface area contributed by atoms with Gasteiger partial charge in [-0.15, -0.1) is 22.9 Å². The third-order valence-electron chi connectivity index (χ3n) is 4.06. The molecular weight excluding hydrogens is 361 g/mol. The minimum absolute atomic E-state index is 0.0714. The number of alkyl halides is 1. The normalized spacial score (nSPS) is 18.0. The van der Waals surface area contributed by atoms with E-state index in [-0.39, 0.29) is 12.2 Å². The zero-order chi connectivity index (χ0) is 17.5. The highest BCUT2D eigenvalue weighted by Crippen LogP contribution is 2.52. The van der Waals surface area contributed by atoms with Gasteiger partial charge in [-0.2, -0.15) is 0 Å². The van der Waals surface area contributed by atoms with Crippen LogP contribution in [0.5, 0.6) is 0 Å². The molecule has 0 radical (unpaired) electrons. The van der Waals surface area contributed by atoms with Crippen molar-refractivity contribution < 1.29 is 18.3 Å². The summed E-state index contributed by atoms with van der Waals surface area (Å²) >= 11 is 7.81. The van der Waals surface area contributed by atoms with E-state index in [9.17, 15) is 18.3 Å². The first-order valence-electron chi connectivity index (χ1n) is 7.52. The summed E-state index contributed by atoms with van der Waals surface area (Å²) in [6, 6.07) is 1.32. The van der Waals surface area contributed by atoms with Gasteiger partial charge in [-0.05, 0) is 37.5 Å². The Bertz CT molecular complexity index is 806. The number of benzene rings is 1. The maximum absolute atomic E-state index is 13.4. The molecule has 0 spiro atoms. The molecule has 1 unspecified atom stereocenters. The van der Waals surface area contributed by atoms with Gasteiger partial charge in [-0.1, -0.05) is 0 Å². The summed E-state index contributed by atoms with van der Waals surface area (Å²) in [5.74, 6) is -3.96. The maximum Gasteiger partial charge on any atom is 0.194 e. The number of aliphatic hydroxyl groups is 1. The summed E-state index contributed by atoms with van der Waals surface area (Å²) in [6.07, 6.45) is 1.72. The molecule has 1 aromatic heterocycles. The average Bonchev–Trinajstić information content (AvgIpc) is 3.16. The Hall–Kier alpha value is -1.31. The lowest BCUT2D eigenvalue weighted by atomic mass is 10.1. The lowest BCUT2D eigenvalue weighted by molar-refractivity contribution is 0.272. The predicted octanol–water partition coefficient (Wildman–Crippen LogP) is 3.85. The molecule has 1 aliphatic carbocycles. The Kier molecular flexibility index (Phi) is 4.77. The number of hydrogen-bond donors (Lipinski definition) is 1. The molecule has 2 aromatic rings. The fraction of sp³-hybridized carbons (Fsp3) is 0.438. The van der Waals surface area contributed by atoms with E-state index in [2.05, 4.69) is 4.99 Å². The topological polar surface area (TPSA) is 37.5 Å². The highest BCUT2D eigenvalue weighted by Gasteiger charge is 2.45. The molecule has 1 aliphatic rings. The second-order valence-electron chi connectivity index (χ2n) is 5.85. The Morgan fingerprint density at radius 1 is 1.33 bits per heavy atom. The number of aliphatic hydroxyl groups excluding tert-OH is 1. The highest BCUT2D eigenvalue weighted by molar-refractivity contribution is 7.07. The van der Waals surface area contributed by atoms with Crippen LogP contribution in [0, 0.1) is 17.5 Å². The van der Waals surface area contributed by atoms with E-state index in [1.165, 1.54) is 11.3 Å². The molecule has 130 valence electrons. The van der Waals surface area contributed by atoms with E-state index >= 15 is 0 Å². The number of rotatable bonds is 5. The maximum atomic E-state index is 13.4. The molecule has 1 saturated carbocycles. The summed E-state index contributed by atoms with van der Waals surface area (Å²) in [5.41, 5.74) is 1.13. The second-order valence-corrected chi connectivity index (χ2v) is 7.41. The zero-order valence-corrected chi connectivity index (χ0v) is 14.5. The van der Waals surface area contributed by atoms with Gasteiger partial charge in [0.15, 0.2) is 22.3 Å². The molecule has 1 fully saturated rings. The van der Waals surface area contributed by atoms with Crippen LogP contribution in [0.15, 0.2) is 22.5 Å². The van der Waals surface area contributed by atoms with Crippen molar-refractivity contribution >= 4 is 22.9 Å². The Morgan fingerprint density at radius 3 is 2.50 bits per heavy atom. The summed E-state index contributed by atoms with van der Waals surface area (Å²) in [7, 11) is 0. The molecule has 1 N–H and O–H groups in total. The van der Waals surface area contributed by atoms with Crippen LogP contribution in [0.25, 0.3) is 0 Å². The first-order chi connectivity index (χ1) is 11.4. The summed E-state index contributed by atoms with van der Waals surface area (Å²) < 4.78 is 41.7. The number of nitrogens with zero attached hydrogens (tertiary/aromatic N) is 2. The number of thiazole rings is 1. The molecule has 0 aliphatic heterocycles. The van der Waals surface area contributed by atoms with Gasteiger partial charge in [0, 0.05) is 11.9 Å². The fourth-order valence-electron chi connectivity index (χ4n) is 2.52. The molecule has 1 atom stereocenters. The summed E-state index contributed by atoms with van der Waals surface area (Å²) in [4.78, 5) is 4.67. The molecule has 3 nitrogen and oxygen atoms in total. The third kappa shape index (κ3) is 3.25. The van der Waals surface area contributed by atoms with Crippen molar-refractivity contribution in [1.82, 2.24) is 4.57 Å². The Morgan fingerprint density at radius 2 is 1.96 bits per heavy atom. The van der Waals surface area contributed by atoms with Gasteiger partial charge in [-0.3, -0.25) is 4.99 Å². The Balaban J connectivity index is 2.00. The van der Waals surface area contributed by atoms with Gasteiger partial charge in [0.05, 0.1) is 23.2 Å². The molecule has 0 saturated heterocycles. The molecule has 1 heterocycles. The minimum atomic E-state index is -1.49. The lowest BCUT2D eigenvalue weighted by Crippen LogP contribution is -2.22. The van der Waals surface area contributed by atoms with Crippen molar-refractivity contribution in [2.24, 2.45) is 4.99 Å². The van der Waals surface area contributed by atoms with Crippen molar-refractivity contribution in [1.29, 1.82) is 0 Å². The third-order valence-corrected chi connectivity index (χ3v) is 5.51. The van der Waals surface area contributed by atoms with Crippen LogP contribution in [0.3, 0.4) is 0 Å². The van der Waals surface area contributed by atoms with Crippen LogP contribution in [0.1, 0.15) is 37.1 Å². The quantitative estimate of drug-likeness (QED) is 0.624. The van der Waals surface area contributed by atoms with Crippen LogP contribution in [-0.4, -0.2) is 16.3 Å². The van der Waals surface area contributed by atoms with Crippen molar-refractivity contribution in [2.75, 3.05) is 6.61 Å². The summed E-state index contributed by atoms with van der Waals surface area (Å²) in [6.45, 7) is 1.94. The fourth-order valence-corrected chi connectivity index (χ4v) is 3.95. The monoisotopic (exact) mass is 376 g/mol. The van der Waals surface area contributed by atoms with Crippen molar-refractivity contribution in [3.05, 3.63) is 51.0 Å². The van der Waals surface area contributed by atoms with Crippen LogP contribution in [0.4, 0.5) is 13.2 Å². The molecule has 0 amide bonds. The van der Waals surface area contributed by atoms with Crippen molar-refractivity contribution in [3.8, 4) is 0 Å². The standard InChI is InChI=1S/C16H16ClF3N2OS/c1-9(10-6-11(18)14(20)12(19)7-10)21-15-22(4-5-23)13(8-24-15)16(17)2-3-16/h6-9,23H,2-5H2,1H3. The van der Waals surface area contributed by atoms with Gasteiger partial charge in [-0.25, -0.2) is 13.2 Å². The van der Waals surface area contributed by atoms with Crippen LogP contribution in [0.2, 0.25) is 0 Å². The summed E-state index contributed by atoms with van der Waals surface area (Å²) in [5, 5.41) is 11.2. The lowest BCUT2D eigenvalue weighted by Gasteiger charge is -2.12. The van der Waals surface area contributed by atoms with Gasteiger partial charge in [0.2, 0.25) is 0 Å². The van der Waals surface area contributed by atoms with Gasteiger partial charge < -0.3 is 9.67 Å². The molecule has 0 bridgehead atoms. The molecule has 1 aromatic carbocycles. The molecule has 24 heavy (non-hydrogen) atoms. The largest absolute Gasteiger partial charge is 0.395 e.